The van der Waals surface area contributed by atoms with Crippen LogP contribution >= 0.6 is 0 Å². The van der Waals surface area contributed by atoms with Gasteiger partial charge in [0, 0.05) is 24.5 Å². The van der Waals surface area contributed by atoms with Crippen LogP contribution in [0.3, 0.4) is 0 Å². The van der Waals surface area contributed by atoms with Crippen LogP contribution in [0.25, 0.3) is 0 Å². The number of nitriles is 1. The monoisotopic (exact) mass is 454 g/mol. The van der Waals surface area contributed by atoms with Crippen molar-refractivity contribution < 1.29 is 18.3 Å². The standard InChI is InChI=1S/C25H30N2O4S/c1-18-12-20(17-31-24-6-8-25(9-7-24)32(29,30)11-10-28)16-27(18)23-5-4-21-3-2-19(15-26)13-22(21)14-23/h2-3,6-9,13,18,20,23,28H,4-5,10-12,14,16-17H2,1H3/t18-,20+,23?/m1/s1. The molecule has 1 fully saturated rings. The molecule has 2 aromatic rings. The van der Waals surface area contributed by atoms with Crippen LogP contribution in [0.1, 0.15) is 36.5 Å². The fourth-order valence-electron chi connectivity index (χ4n) is 5.09. The Bertz CT molecular complexity index is 1090. The molecule has 2 aromatic carbocycles. The number of benzene rings is 2. The van der Waals surface area contributed by atoms with Gasteiger partial charge in [-0.05, 0) is 80.1 Å². The number of aliphatic hydroxyl groups is 1. The average Bonchev–Trinajstić information content (AvgIpc) is 3.17. The van der Waals surface area contributed by atoms with E-state index in [4.69, 9.17) is 9.84 Å². The summed E-state index contributed by atoms with van der Waals surface area (Å²) in [5, 5.41) is 18.1. The number of aryl methyl sites for hydroxylation is 1. The lowest BCUT2D eigenvalue weighted by Gasteiger charge is -2.35. The van der Waals surface area contributed by atoms with Crippen molar-refractivity contribution in [3.8, 4) is 11.8 Å². The Labute approximate surface area is 190 Å². The fourth-order valence-corrected chi connectivity index (χ4v) is 6.11. The minimum atomic E-state index is -3.44. The quantitative estimate of drug-likeness (QED) is 0.692. The van der Waals surface area contributed by atoms with Gasteiger partial charge in [-0.2, -0.15) is 5.26 Å². The molecule has 32 heavy (non-hydrogen) atoms. The summed E-state index contributed by atoms with van der Waals surface area (Å²) in [6, 6.07) is 15.8. The first-order valence-electron chi connectivity index (χ1n) is 11.2. The number of nitrogens with zero attached hydrogens (tertiary/aromatic N) is 2. The van der Waals surface area contributed by atoms with E-state index in [0.717, 1.165) is 37.8 Å². The van der Waals surface area contributed by atoms with Crippen LogP contribution in [0.2, 0.25) is 0 Å². The van der Waals surface area contributed by atoms with Gasteiger partial charge in [0.15, 0.2) is 9.84 Å². The molecule has 2 aliphatic rings. The molecule has 170 valence electrons. The maximum Gasteiger partial charge on any atom is 0.180 e. The molecule has 0 bridgehead atoms. The van der Waals surface area contributed by atoms with E-state index in [0.29, 0.717) is 30.4 Å². The van der Waals surface area contributed by atoms with Gasteiger partial charge in [-0.3, -0.25) is 4.90 Å². The highest BCUT2D eigenvalue weighted by atomic mass is 32.2. The van der Waals surface area contributed by atoms with Crippen LogP contribution in [0, 0.1) is 17.2 Å². The van der Waals surface area contributed by atoms with Crippen LogP contribution in [-0.2, 0) is 22.7 Å². The number of likely N-dealkylation sites (tertiary alicyclic amines) is 1. The highest BCUT2D eigenvalue weighted by Gasteiger charge is 2.35. The average molecular weight is 455 g/mol. The Kier molecular flexibility index (Phi) is 6.85. The van der Waals surface area contributed by atoms with Crippen molar-refractivity contribution in [2.24, 2.45) is 5.92 Å². The normalized spacial score (nSPS) is 23.5. The van der Waals surface area contributed by atoms with E-state index in [9.17, 15) is 13.7 Å². The lowest BCUT2D eigenvalue weighted by Crippen LogP contribution is -2.41. The third kappa shape index (κ3) is 4.98. The van der Waals surface area contributed by atoms with Gasteiger partial charge in [0.05, 0.1) is 35.5 Å². The van der Waals surface area contributed by atoms with Crippen LogP contribution in [0.5, 0.6) is 5.75 Å². The van der Waals surface area contributed by atoms with Gasteiger partial charge < -0.3 is 9.84 Å². The third-order valence-electron chi connectivity index (χ3n) is 6.75. The van der Waals surface area contributed by atoms with Gasteiger partial charge >= 0.3 is 0 Å². The number of hydrogen-bond acceptors (Lipinski definition) is 6. The van der Waals surface area contributed by atoms with Crippen molar-refractivity contribution >= 4 is 9.84 Å². The smallest absolute Gasteiger partial charge is 0.180 e. The predicted molar refractivity (Wildman–Crippen MR) is 122 cm³/mol. The fraction of sp³-hybridized carbons (Fsp3) is 0.480. The molecule has 0 amide bonds. The van der Waals surface area contributed by atoms with Gasteiger partial charge in [0.25, 0.3) is 0 Å². The van der Waals surface area contributed by atoms with Gasteiger partial charge in [-0.1, -0.05) is 6.07 Å². The lowest BCUT2D eigenvalue weighted by molar-refractivity contribution is 0.164. The maximum atomic E-state index is 12.0. The molecule has 3 atom stereocenters. The summed E-state index contributed by atoms with van der Waals surface area (Å²) in [7, 11) is -3.44. The number of aliphatic hydroxyl groups excluding tert-OH is 1. The summed E-state index contributed by atoms with van der Waals surface area (Å²) < 4.78 is 30.0. The Morgan fingerprint density at radius 1 is 1.19 bits per heavy atom. The Morgan fingerprint density at radius 2 is 1.97 bits per heavy atom. The molecule has 1 heterocycles. The third-order valence-corrected chi connectivity index (χ3v) is 8.46. The maximum absolute atomic E-state index is 12.0. The molecule has 1 aliphatic carbocycles. The van der Waals surface area contributed by atoms with Crippen LogP contribution < -0.4 is 4.74 Å². The van der Waals surface area contributed by atoms with Gasteiger partial charge in [0.2, 0.25) is 0 Å². The molecular weight excluding hydrogens is 424 g/mol. The van der Waals surface area contributed by atoms with E-state index in [2.05, 4.69) is 24.0 Å². The van der Waals surface area contributed by atoms with E-state index < -0.39 is 9.84 Å². The zero-order valence-electron chi connectivity index (χ0n) is 18.4. The van der Waals surface area contributed by atoms with Crippen molar-refractivity contribution in [3.05, 3.63) is 59.2 Å². The second kappa shape index (κ2) is 9.62. The van der Waals surface area contributed by atoms with Crippen LogP contribution in [-0.4, -0.2) is 56.0 Å². The van der Waals surface area contributed by atoms with Crippen LogP contribution in [0.4, 0.5) is 0 Å². The highest BCUT2D eigenvalue weighted by Crippen LogP contribution is 2.32. The summed E-state index contributed by atoms with van der Waals surface area (Å²) in [4.78, 5) is 2.80. The van der Waals surface area contributed by atoms with E-state index in [-0.39, 0.29) is 17.3 Å². The number of fused-ring (bicyclic) bond motifs is 1. The molecule has 0 aromatic heterocycles. The summed E-state index contributed by atoms with van der Waals surface area (Å²) in [5.74, 6) is 0.816. The van der Waals surface area contributed by atoms with Crippen LogP contribution in [0.15, 0.2) is 47.4 Å². The van der Waals surface area contributed by atoms with E-state index in [1.54, 1.807) is 24.3 Å². The molecule has 1 N–H and O–H groups in total. The second-order valence-electron chi connectivity index (χ2n) is 8.96. The van der Waals surface area contributed by atoms with Gasteiger partial charge in [-0.25, -0.2) is 8.42 Å². The first-order valence-corrected chi connectivity index (χ1v) is 12.9. The predicted octanol–water partition coefficient (Wildman–Crippen LogP) is 2.97. The molecule has 6 nitrogen and oxygen atoms in total. The first-order chi connectivity index (χ1) is 15.4. The molecule has 0 radical (unpaired) electrons. The Balaban J connectivity index is 1.33. The molecule has 7 heteroatoms. The van der Waals surface area contributed by atoms with Crippen molar-refractivity contribution in [2.45, 2.75) is 49.6 Å². The minimum absolute atomic E-state index is 0.205. The number of ether oxygens (including phenoxy) is 1. The summed E-state index contributed by atoms with van der Waals surface area (Å²) in [6.45, 7) is 3.48. The highest BCUT2D eigenvalue weighted by molar-refractivity contribution is 7.91. The van der Waals surface area contributed by atoms with Gasteiger partial charge in [0.1, 0.15) is 5.75 Å². The largest absolute Gasteiger partial charge is 0.493 e. The number of sulfone groups is 1. The second-order valence-corrected chi connectivity index (χ2v) is 11.1. The van der Waals surface area contributed by atoms with E-state index >= 15 is 0 Å². The number of rotatable bonds is 7. The van der Waals surface area contributed by atoms with Crippen molar-refractivity contribution in [3.63, 3.8) is 0 Å². The first kappa shape index (κ1) is 22.8. The Hall–Kier alpha value is -2.40. The van der Waals surface area contributed by atoms with Crippen molar-refractivity contribution in [1.29, 1.82) is 5.26 Å². The van der Waals surface area contributed by atoms with E-state index in [1.807, 2.05) is 12.1 Å². The SMILES string of the molecule is C[C@@H]1C[C@H](COc2ccc(S(=O)(=O)CCO)cc2)CN1C1CCc2ccc(C#N)cc2C1. The minimum Gasteiger partial charge on any atom is -0.493 e. The molecule has 4 rings (SSSR count). The van der Waals surface area contributed by atoms with E-state index in [1.165, 1.54) is 11.1 Å². The Morgan fingerprint density at radius 3 is 2.69 bits per heavy atom. The summed E-state index contributed by atoms with van der Waals surface area (Å²) >= 11 is 0. The molecular formula is C25H30N2O4S. The van der Waals surface area contributed by atoms with Crippen molar-refractivity contribution in [2.75, 3.05) is 25.5 Å². The molecule has 0 saturated carbocycles. The molecule has 1 saturated heterocycles. The molecule has 0 spiro atoms. The van der Waals surface area contributed by atoms with Crippen molar-refractivity contribution in [1.82, 2.24) is 4.90 Å². The zero-order chi connectivity index (χ0) is 22.7. The molecule has 1 aliphatic heterocycles. The summed E-state index contributed by atoms with van der Waals surface area (Å²) in [6.07, 6.45) is 4.26. The topological polar surface area (TPSA) is 90.6 Å². The molecule has 1 unspecified atom stereocenters. The zero-order valence-corrected chi connectivity index (χ0v) is 19.2. The number of hydrogen-bond donors (Lipinski definition) is 1. The van der Waals surface area contributed by atoms with Gasteiger partial charge in [-0.15, -0.1) is 0 Å². The lowest BCUT2D eigenvalue weighted by atomic mass is 9.86. The summed E-state index contributed by atoms with van der Waals surface area (Å²) in [5.41, 5.74) is 3.42.